The van der Waals surface area contributed by atoms with Crippen LogP contribution in [0, 0.1) is 0 Å². The number of hydrogen-bond acceptors (Lipinski definition) is 5. The molecule has 0 amide bonds. The average molecular weight is 280 g/mol. The van der Waals surface area contributed by atoms with E-state index < -0.39 is 0 Å². The topological polar surface area (TPSA) is 54.7 Å². The predicted molar refractivity (Wildman–Crippen MR) is 71.7 cm³/mol. The third kappa shape index (κ3) is 2.05. The lowest BCUT2D eigenvalue weighted by atomic mass is 10.1. The predicted octanol–water partition coefficient (Wildman–Crippen LogP) is 0.560. The zero-order chi connectivity index (χ0) is 12.8. The van der Waals surface area contributed by atoms with E-state index in [9.17, 15) is 0 Å². The molecule has 4 heterocycles. The molecule has 0 aliphatic carbocycles. The molecule has 7 heteroatoms. The van der Waals surface area contributed by atoms with Gasteiger partial charge in [-0.25, -0.2) is 4.52 Å². The molecule has 0 spiro atoms. The van der Waals surface area contributed by atoms with Gasteiger partial charge in [-0.2, -0.15) is 4.98 Å². The number of aromatic nitrogens is 3. The van der Waals surface area contributed by atoms with Crippen molar-refractivity contribution in [3.63, 3.8) is 0 Å². The van der Waals surface area contributed by atoms with E-state index in [-0.39, 0.29) is 17.5 Å². The van der Waals surface area contributed by atoms with Crippen molar-refractivity contribution in [2.75, 3.05) is 31.1 Å². The molecule has 0 radical (unpaired) electrons. The van der Waals surface area contributed by atoms with Crippen molar-refractivity contribution in [1.82, 2.24) is 19.9 Å². The molecule has 2 unspecified atom stereocenters. The van der Waals surface area contributed by atoms with Gasteiger partial charge in [0, 0.05) is 26.2 Å². The Labute approximate surface area is 115 Å². The average Bonchev–Trinajstić information content (AvgIpc) is 2.77. The Hall–Kier alpha value is -1.37. The van der Waals surface area contributed by atoms with E-state index in [2.05, 4.69) is 26.4 Å². The zero-order valence-corrected chi connectivity index (χ0v) is 11.0. The fourth-order valence-electron chi connectivity index (χ4n) is 2.80. The Morgan fingerprint density at radius 2 is 2.05 bits per heavy atom. The van der Waals surface area contributed by atoms with E-state index in [1.54, 1.807) is 4.52 Å². The Morgan fingerprint density at radius 1 is 1.26 bits per heavy atom. The molecule has 2 bridgehead atoms. The summed E-state index contributed by atoms with van der Waals surface area (Å²) >= 11 is 5.81. The first-order valence-corrected chi connectivity index (χ1v) is 6.79. The van der Waals surface area contributed by atoms with Crippen LogP contribution in [0.5, 0.6) is 0 Å². The molecule has 2 aromatic heterocycles. The fourth-order valence-corrected chi connectivity index (χ4v) is 2.97. The third-order valence-electron chi connectivity index (χ3n) is 3.63. The highest BCUT2D eigenvalue weighted by Crippen LogP contribution is 2.22. The number of halogens is 1. The lowest BCUT2D eigenvalue weighted by Crippen LogP contribution is -2.58. The Bertz CT molecular complexity index is 603. The van der Waals surface area contributed by atoms with Crippen LogP contribution in [0.1, 0.15) is 0 Å². The van der Waals surface area contributed by atoms with Crippen molar-refractivity contribution in [3.05, 3.63) is 23.6 Å². The summed E-state index contributed by atoms with van der Waals surface area (Å²) in [6, 6.07) is 4.01. The number of nitrogens with zero attached hydrogens (tertiary/aromatic N) is 4. The van der Waals surface area contributed by atoms with Crippen LogP contribution < -0.4 is 10.2 Å². The van der Waals surface area contributed by atoms with Gasteiger partial charge >= 0.3 is 0 Å². The molecule has 0 saturated carbocycles. The quantitative estimate of drug-likeness (QED) is 0.827. The van der Waals surface area contributed by atoms with E-state index in [1.807, 2.05) is 12.3 Å². The van der Waals surface area contributed by atoms with Crippen molar-refractivity contribution in [2.24, 2.45) is 0 Å². The monoisotopic (exact) mass is 279 g/mol. The molecular weight excluding hydrogens is 266 g/mol. The molecule has 2 aliphatic rings. The van der Waals surface area contributed by atoms with Crippen molar-refractivity contribution in [2.45, 2.75) is 12.2 Å². The summed E-state index contributed by atoms with van der Waals surface area (Å²) in [4.78, 5) is 6.46. The van der Waals surface area contributed by atoms with Gasteiger partial charge in [0.25, 0.3) is 0 Å². The number of pyridine rings is 1. The summed E-state index contributed by atoms with van der Waals surface area (Å²) in [5.41, 5.74) is 1.90. The summed E-state index contributed by atoms with van der Waals surface area (Å²) in [5, 5.41) is 7.81. The SMILES string of the molecule is Clc1nc2ccc(N3CC4CNCC(C3)O4)cn2n1. The molecule has 0 aromatic carbocycles. The maximum absolute atomic E-state index is 5.91. The van der Waals surface area contributed by atoms with Gasteiger partial charge in [-0.1, -0.05) is 0 Å². The first-order chi connectivity index (χ1) is 9.28. The molecule has 2 fully saturated rings. The number of nitrogens with one attached hydrogen (secondary N) is 1. The van der Waals surface area contributed by atoms with E-state index in [0.29, 0.717) is 0 Å². The highest BCUT2D eigenvalue weighted by molar-refractivity contribution is 6.28. The second kappa shape index (κ2) is 4.33. The molecule has 19 heavy (non-hydrogen) atoms. The number of anilines is 1. The van der Waals surface area contributed by atoms with Gasteiger partial charge in [0.1, 0.15) is 0 Å². The van der Waals surface area contributed by atoms with E-state index in [0.717, 1.165) is 37.5 Å². The van der Waals surface area contributed by atoms with Crippen LogP contribution in [0.3, 0.4) is 0 Å². The van der Waals surface area contributed by atoms with Gasteiger partial charge < -0.3 is 15.0 Å². The second-order valence-electron chi connectivity index (χ2n) is 5.01. The largest absolute Gasteiger partial charge is 0.369 e. The van der Waals surface area contributed by atoms with Crippen LogP contribution in [0.2, 0.25) is 5.28 Å². The summed E-state index contributed by atoms with van der Waals surface area (Å²) in [7, 11) is 0. The van der Waals surface area contributed by atoms with Crippen LogP contribution in [0.4, 0.5) is 5.69 Å². The van der Waals surface area contributed by atoms with Gasteiger partial charge in [-0.15, -0.1) is 5.10 Å². The minimum Gasteiger partial charge on any atom is -0.369 e. The van der Waals surface area contributed by atoms with Crippen LogP contribution in [0.25, 0.3) is 5.65 Å². The van der Waals surface area contributed by atoms with E-state index >= 15 is 0 Å². The zero-order valence-electron chi connectivity index (χ0n) is 10.3. The van der Waals surface area contributed by atoms with Crippen LogP contribution in [-0.4, -0.2) is 53.0 Å². The molecule has 100 valence electrons. The molecule has 2 aromatic rings. The molecule has 2 atom stereocenters. The number of fused-ring (bicyclic) bond motifs is 3. The summed E-state index contributed by atoms with van der Waals surface area (Å²) < 4.78 is 7.63. The van der Waals surface area contributed by atoms with Gasteiger partial charge in [-0.3, -0.25) is 0 Å². The van der Waals surface area contributed by atoms with Crippen molar-refractivity contribution in [3.8, 4) is 0 Å². The normalized spacial score (nSPS) is 26.9. The number of hydrogen-bond donors (Lipinski definition) is 1. The third-order valence-corrected chi connectivity index (χ3v) is 3.79. The minimum absolute atomic E-state index is 0.266. The lowest BCUT2D eigenvalue weighted by Gasteiger charge is -2.42. The number of rotatable bonds is 1. The van der Waals surface area contributed by atoms with Gasteiger partial charge in [0.15, 0.2) is 5.65 Å². The molecular formula is C12H14ClN5O. The second-order valence-corrected chi connectivity index (χ2v) is 5.35. The smallest absolute Gasteiger partial charge is 0.243 e. The Balaban J connectivity index is 1.66. The van der Waals surface area contributed by atoms with Gasteiger partial charge in [-0.05, 0) is 23.7 Å². The van der Waals surface area contributed by atoms with Gasteiger partial charge in [0.05, 0.1) is 24.1 Å². The highest BCUT2D eigenvalue weighted by Gasteiger charge is 2.31. The van der Waals surface area contributed by atoms with Crippen LogP contribution >= 0.6 is 11.6 Å². The van der Waals surface area contributed by atoms with Crippen LogP contribution in [-0.2, 0) is 4.74 Å². The van der Waals surface area contributed by atoms with Gasteiger partial charge in [0.2, 0.25) is 5.28 Å². The summed E-state index contributed by atoms with van der Waals surface area (Å²) in [5.74, 6) is 0. The first kappa shape index (κ1) is 11.5. The van der Waals surface area contributed by atoms with Crippen LogP contribution in [0.15, 0.2) is 18.3 Å². The highest BCUT2D eigenvalue weighted by atomic mass is 35.5. The standard InChI is InChI=1S/C12H14ClN5O/c13-12-15-11-2-1-8(5-18(11)16-12)17-6-9-3-14-4-10(7-17)19-9/h1-2,5,9-10,14H,3-4,6-7H2. The summed E-state index contributed by atoms with van der Waals surface area (Å²) in [6.45, 7) is 3.64. The molecule has 4 rings (SSSR count). The first-order valence-electron chi connectivity index (χ1n) is 6.41. The van der Waals surface area contributed by atoms with E-state index in [4.69, 9.17) is 16.3 Å². The molecule has 6 nitrogen and oxygen atoms in total. The molecule has 2 saturated heterocycles. The summed E-state index contributed by atoms with van der Waals surface area (Å²) in [6.07, 6.45) is 2.51. The fraction of sp³-hybridized carbons (Fsp3) is 0.500. The maximum atomic E-state index is 5.91. The molecule has 2 aliphatic heterocycles. The van der Waals surface area contributed by atoms with Crippen molar-refractivity contribution in [1.29, 1.82) is 0 Å². The Morgan fingerprint density at radius 3 is 2.84 bits per heavy atom. The minimum atomic E-state index is 0.266. The number of ether oxygens (including phenoxy) is 1. The van der Waals surface area contributed by atoms with Crippen molar-refractivity contribution >= 4 is 22.9 Å². The molecule has 1 N–H and O–H groups in total. The Kier molecular flexibility index (Phi) is 2.61. The van der Waals surface area contributed by atoms with Crippen molar-refractivity contribution < 1.29 is 4.74 Å². The number of morpholine rings is 2. The maximum Gasteiger partial charge on any atom is 0.243 e. The lowest BCUT2D eigenvalue weighted by molar-refractivity contribution is -0.0484. The van der Waals surface area contributed by atoms with E-state index in [1.165, 1.54) is 0 Å².